The molecule has 0 amide bonds. The minimum Gasteiger partial charge on any atom is -0.487 e. The zero-order valence-corrected chi connectivity index (χ0v) is 11.8. The summed E-state index contributed by atoms with van der Waals surface area (Å²) in [5, 5.41) is 1.15. The van der Waals surface area contributed by atoms with Crippen LogP contribution in [0.25, 0.3) is 10.9 Å². The van der Waals surface area contributed by atoms with E-state index >= 15 is 0 Å². The SMILES string of the molecule is Cn1c(COc2ccc(F)cc2)cc2cc(CN)ccc21. The number of rotatable bonds is 4. The van der Waals surface area contributed by atoms with Gasteiger partial charge in [-0.25, -0.2) is 4.39 Å². The van der Waals surface area contributed by atoms with E-state index in [1.165, 1.54) is 12.1 Å². The molecule has 0 bridgehead atoms. The number of benzene rings is 2. The summed E-state index contributed by atoms with van der Waals surface area (Å²) in [6.45, 7) is 0.973. The van der Waals surface area contributed by atoms with Crippen molar-refractivity contribution in [1.82, 2.24) is 4.57 Å². The van der Waals surface area contributed by atoms with Crippen LogP contribution >= 0.6 is 0 Å². The molecule has 0 aliphatic rings. The molecule has 4 heteroatoms. The van der Waals surface area contributed by atoms with E-state index in [1.807, 2.05) is 13.1 Å². The van der Waals surface area contributed by atoms with E-state index in [4.69, 9.17) is 10.5 Å². The molecule has 0 atom stereocenters. The molecule has 0 saturated heterocycles. The van der Waals surface area contributed by atoms with Crippen molar-refractivity contribution >= 4 is 10.9 Å². The third-order valence-corrected chi connectivity index (χ3v) is 3.64. The predicted octanol–water partition coefficient (Wildman–Crippen LogP) is 3.36. The van der Waals surface area contributed by atoms with Gasteiger partial charge in [0.2, 0.25) is 0 Å². The first kappa shape index (κ1) is 13.6. The number of nitrogens with two attached hydrogens (primary N) is 1. The molecule has 0 saturated carbocycles. The van der Waals surface area contributed by atoms with Crippen LogP contribution in [-0.4, -0.2) is 4.57 Å². The summed E-state index contributed by atoms with van der Waals surface area (Å²) in [5.74, 6) is 0.394. The molecule has 108 valence electrons. The molecule has 2 N–H and O–H groups in total. The van der Waals surface area contributed by atoms with Gasteiger partial charge < -0.3 is 15.0 Å². The molecule has 2 aromatic carbocycles. The molecule has 0 unspecified atom stereocenters. The van der Waals surface area contributed by atoms with E-state index in [2.05, 4.69) is 22.8 Å². The molecule has 0 spiro atoms. The lowest BCUT2D eigenvalue weighted by molar-refractivity contribution is 0.297. The van der Waals surface area contributed by atoms with Crippen LogP contribution in [0.3, 0.4) is 0 Å². The van der Waals surface area contributed by atoms with E-state index in [9.17, 15) is 4.39 Å². The largest absolute Gasteiger partial charge is 0.487 e. The highest BCUT2D eigenvalue weighted by Crippen LogP contribution is 2.22. The fourth-order valence-corrected chi connectivity index (χ4v) is 2.41. The van der Waals surface area contributed by atoms with Crippen molar-refractivity contribution in [2.75, 3.05) is 0 Å². The monoisotopic (exact) mass is 284 g/mol. The molecule has 0 aliphatic carbocycles. The Morgan fingerprint density at radius 2 is 1.86 bits per heavy atom. The van der Waals surface area contributed by atoms with Crippen LogP contribution in [0.1, 0.15) is 11.3 Å². The summed E-state index contributed by atoms with van der Waals surface area (Å²) in [5.41, 5.74) is 8.98. The maximum atomic E-state index is 12.9. The second-order valence-corrected chi connectivity index (χ2v) is 5.03. The summed E-state index contributed by atoms with van der Waals surface area (Å²) in [7, 11) is 2.01. The number of ether oxygens (including phenoxy) is 1. The molecule has 21 heavy (non-hydrogen) atoms. The molecule has 1 aromatic heterocycles. The van der Waals surface area contributed by atoms with Gasteiger partial charge in [-0.3, -0.25) is 0 Å². The highest BCUT2D eigenvalue weighted by Gasteiger charge is 2.07. The van der Waals surface area contributed by atoms with Gasteiger partial charge in [0.25, 0.3) is 0 Å². The number of fused-ring (bicyclic) bond motifs is 1. The number of hydrogen-bond acceptors (Lipinski definition) is 2. The van der Waals surface area contributed by atoms with E-state index in [0.717, 1.165) is 22.2 Å². The first-order chi connectivity index (χ1) is 10.2. The predicted molar refractivity (Wildman–Crippen MR) is 81.5 cm³/mol. The Morgan fingerprint density at radius 3 is 2.57 bits per heavy atom. The minimum atomic E-state index is -0.263. The topological polar surface area (TPSA) is 40.2 Å². The average molecular weight is 284 g/mol. The second-order valence-electron chi connectivity index (χ2n) is 5.03. The molecular formula is C17H17FN2O. The number of halogens is 1. The van der Waals surface area contributed by atoms with Crippen molar-refractivity contribution in [2.45, 2.75) is 13.2 Å². The molecule has 0 fully saturated rings. The van der Waals surface area contributed by atoms with Gasteiger partial charge in [-0.2, -0.15) is 0 Å². The Balaban J connectivity index is 1.83. The maximum Gasteiger partial charge on any atom is 0.128 e. The first-order valence-electron chi connectivity index (χ1n) is 6.83. The van der Waals surface area contributed by atoms with Crippen molar-refractivity contribution < 1.29 is 9.13 Å². The van der Waals surface area contributed by atoms with Crippen LogP contribution < -0.4 is 10.5 Å². The minimum absolute atomic E-state index is 0.263. The first-order valence-corrected chi connectivity index (χ1v) is 6.83. The summed E-state index contributed by atoms with van der Waals surface area (Å²) in [4.78, 5) is 0. The second kappa shape index (κ2) is 5.58. The van der Waals surface area contributed by atoms with Gasteiger partial charge in [-0.05, 0) is 48.0 Å². The van der Waals surface area contributed by atoms with E-state index in [0.29, 0.717) is 18.9 Å². The van der Waals surface area contributed by atoms with Crippen molar-refractivity contribution in [3.05, 3.63) is 65.6 Å². The van der Waals surface area contributed by atoms with Crippen LogP contribution in [0.4, 0.5) is 4.39 Å². The van der Waals surface area contributed by atoms with Gasteiger partial charge in [0.15, 0.2) is 0 Å². The third-order valence-electron chi connectivity index (χ3n) is 3.64. The van der Waals surface area contributed by atoms with Crippen molar-refractivity contribution in [2.24, 2.45) is 12.8 Å². The summed E-state index contributed by atoms with van der Waals surface area (Å²) >= 11 is 0. The van der Waals surface area contributed by atoms with Crippen molar-refractivity contribution in [3.8, 4) is 5.75 Å². The molecule has 1 heterocycles. The smallest absolute Gasteiger partial charge is 0.128 e. The van der Waals surface area contributed by atoms with Gasteiger partial charge in [0.05, 0.1) is 5.69 Å². The van der Waals surface area contributed by atoms with Crippen LogP contribution in [-0.2, 0) is 20.2 Å². The molecule has 3 aromatic rings. The van der Waals surface area contributed by atoms with Gasteiger partial charge >= 0.3 is 0 Å². The fraction of sp³-hybridized carbons (Fsp3) is 0.176. The van der Waals surface area contributed by atoms with Gasteiger partial charge in [-0.1, -0.05) is 6.07 Å². The normalized spacial score (nSPS) is 11.0. The molecular weight excluding hydrogens is 267 g/mol. The van der Waals surface area contributed by atoms with Crippen LogP contribution in [0, 0.1) is 5.82 Å². The average Bonchev–Trinajstić information content (AvgIpc) is 2.82. The zero-order valence-electron chi connectivity index (χ0n) is 11.8. The lowest BCUT2D eigenvalue weighted by atomic mass is 10.1. The fourth-order valence-electron chi connectivity index (χ4n) is 2.41. The Hall–Kier alpha value is -2.33. The van der Waals surface area contributed by atoms with Crippen LogP contribution in [0.5, 0.6) is 5.75 Å². The standard InChI is InChI=1S/C17H17FN2O/c1-20-15(11-21-16-5-3-14(18)4-6-16)9-13-8-12(10-19)2-7-17(13)20/h2-9H,10-11,19H2,1H3. The maximum absolute atomic E-state index is 12.9. The summed E-state index contributed by atoms with van der Waals surface area (Å²) < 4.78 is 20.7. The third kappa shape index (κ3) is 2.76. The molecule has 3 nitrogen and oxygen atoms in total. The number of hydrogen-bond donors (Lipinski definition) is 1. The molecule has 0 radical (unpaired) electrons. The quantitative estimate of drug-likeness (QED) is 0.798. The van der Waals surface area contributed by atoms with Gasteiger partial charge in [-0.15, -0.1) is 0 Å². The van der Waals surface area contributed by atoms with Gasteiger partial charge in [0, 0.05) is 24.5 Å². The Labute approximate surface area is 122 Å². The molecule has 3 rings (SSSR count). The van der Waals surface area contributed by atoms with E-state index < -0.39 is 0 Å². The van der Waals surface area contributed by atoms with Crippen LogP contribution in [0.2, 0.25) is 0 Å². The Kier molecular flexibility index (Phi) is 3.62. The number of aryl methyl sites for hydroxylation is 1. The zero-order chi connectivity index (χ0) is 14.8. The van der Waals surface area contributed by atoms with Crippen molar-refractivity contribution in [1.29, 1.82) is 0 Å². The van der Waals surface area contributed by atoms with E-state index in [-0.39, 0.29) is 5.82 Å². The summed E-state index contributed by atoms with van der Waals surface area (Å²) in [6, 6.07) is 14.3. The number of nitrogens with zero attached hydrogens (tertiary/aromatic N) is 1. The highest BCUT2D eigenvalue weighted by atomic mass is 19.1. The Morgan fingerprint density at radius 1 is 1.10 bits per heavy atom. The van der Waals surface area contributed by atoms with Crippen LogP contribution in [0.15, 0.2) is 48.5 Å². The lowest BCUT2D eigenvalue weighted by Crippen LogP contribution is -2.01. The van der Waals surface area contributed by atoms with Crippen molar-refractivity contribution in [3.63, 3.8) is 0 Å². The lowest BCUT2D eigenvalue weighted by Gasteiger charge is -2.07. The highest BCUT2D eigenvalue weighted by molar-refractivity contribution is 5.82. The Bertz CT molecular complexity index is 762. The number of aromatic nitrogens is 1. The molecule has 0 aliphatic heterocycles. The van der Waals surface area contributed by atoms with Gasteiger partial charge in [0.1, 0.15) is 18.2 Å². The van der Waals surface area contributed by atoms with E-state index in [1.54, 1.807) is 12.1 Å². The summed E-state index contributed by atoms with van der Waals surface area (Å²) in [6.07, 6.45) is 0.